The molecule has 1 aliphatic carbocycles. The molecular weight excluding hydrogens is 176 g/mol. The molecule has 0 N–H and O–H groups in total. The maximum absolute atomic E-state index is 11.7. The summed E-state index contributed by atoms with van der Waals surface area (Å²) >= 11 is 0. The summed E-state index contributed by atoms with van der Waals surface area (Å²) in [4.78, 5) is 22.6. The molecule has 1 rings (SSSR count). The van der Waals surface area contributed by atoms with Gasteiger partial charge < -0.3 is 4.79 Å². The van der Waals surface area contributed by atoms with Crippen molar-refractivity contribution in [2.75, 3.05) is 0 Å². The fraction of sp³-hybridized carbons (Fsp3) is 0.667. The van der Waals surface area contributed by atoms with E-state index in [-0.39, 0.29) is 11.2 Å². The molecule has 0 amide bonds. The monoisotopic (exact) mass is 194 g/mol. The average molecular weight is 194 g/mol. The lowest BCUT2D eigenvalue weighted by atomic mass is 9.79. The maximum atomic E-state index is 11.7. The van der Waals surface area contributed by atoms with E-state index in [0.29, 0.717) is 25.0 Å². The third kappa shape index (κ3) is 1.94. The molecule has 2 nitrogen and oxygen atoms in total. The van der Waals surface area contributed by atoms with Crippen molar-refractivity contribution in [2.24, 2.45) is 5.41 Å². The molecule has 1 saturated carbocycles. The topological polar surface area (TPSA) is 34.1 Å². The number of hydrogen-bond donors (Lipinski definition) is 0. The molecule has 0 radical (unpaired) electrons. The predicted octanol–water partition coefficient (Wildman–Crippen LogP) is 2.67. The molecule has 0 saturated heterocycles. The largest absolute Gasteiger partial charge is 0.300 e. The molecule has 2 heteroatoms. The molecule has 1 fully saturated rings. The van der Waals surface area contributed by atoms with E-state index in [9.17, 15) is 9.59 Å². The van der Waals surface area contributed by atoms with E-state index in [0.717, 1.165) is 6.42 Å². The first kappa shape index (κ1) is 11.2. The standard InChI is InChI=1S/C12H18O2/c1-4-10-5-6-11(14)12(10,3)8-7-9(2)13/h4H,5-8H2,1-3H3/b10-4-. The number of ketones is 2. The fourth-order valence-corrected chi connectivity index (χ4v) is 2.17. The van der Waals surface area contributed by atoms with Crippen molar-refractivity contribution >= 4 is 11.6 Å². The van der Waals surface area contributed by atoms with Crippen LogP contribution in [0.1, 0.15) is 46.5 Å². The zero-order chi connectivity index (χ0) is 10.8. The maximum Gasteiger partial charge on any atom is 0.143 e. The normalized spacial score (nSPS) is 29.9. The Morgan fingerprint density at radius 1 is 1.50 bits per heavy atom. The number of allylic oxidation sites excluding steroid dienone is 2. The summed E-state index contributed by atoms with van der Waals surface area (Å²) < 4.78 is 0. The van der Waals surface area contributed by atoms with Gasteiger partial charge in [0, 0.05) is 18.3 Å². The third-order valence-electron chi connectivity index (χ3n) is 3.27. The van der Waals surface area contributed by atoms with Gasteiger partial charge in [-0.25, -0.2) is 0 Å². The Labute approximate surface area is 85.4 Å². The molecule has 1 atom stereocenters. The van der Waals surface area contributed by atoms with Crippen molar-refractivity contribution in [1.82, 2.24) is 0 Å². The molecular formula is C12H18O2. The molecule has 14 heavy (non-hydrogen) atoms. The van der Waals surface area contributed by atoms with E-state index >= 15 is 0 Å². The van der Waals surface area contributed by atoms with Crippen LogP contribution in [0.5, 0.6) is 0 Å². The van der Waals surface area contributed by atoms with Gasteiger partial charge in [0.2, 0.25) is 0 Å². The molecule has 0 bridgehead atoms. The van der Waals surface area contributed by atoms with Gasteiger partial charge in [-0.05, 0) is 33.6 Å². The molecule has 0 aromatic carbocycles. The third-order valence-corrected chi connectivity index (χ3v) is 3.27. The Morgan fingerprint density at radius 2 is 2.14 bits per heavy atom. The SMILES string of the molecule is C/C=C1/CCC(=O)C1(C)CCC(C)=O. The summed E-state index contributed by atoms with van der Waals surface area (Å²) in [5, 5.41) is 0. The quantitative estimate of drug-likeness (QED) is 0.647. The van der Waals surface area contributed by atoms with Gasteiger partial charge in [0.15, 0.2) is 0 Å². The van der Waals surface area contributed by atoms with Gasteiger partial charge in [0.05, 0.1) is 0 Å². The van der Waals surface area contributed by atoms with Crippen molar-refractivity contribution in [3.63, 3.8) is 0 Å². The van der Waals surface area contributed by atoms with Crippen LogP contribution < -0.4 is 0 Å². The molecule has 0 aromatic heterocycles. The van der Waals surface area contributed by atoms with Gasteiger partial charge in [-0.1, -0.05) is 11.6 Å². The van der Waals surface area contributed by atoms with Crippen LogP contribution in [0.3, 0.4) is 0 Å². The highest BCUT2D eigenvalue weighted by atomic mass is 16.1. The molecule has 0 heterocycles. The molecule has 0 spiro atoms. The fourth-order valence-electron chi connectivity index (χ4n) is 2.17. The number of carbonyl (C=O) groups is 2. The van der Waals surface area contributed by atoms with E-state index in [2.05, 4.69) is 0 Å². The molecule has 78 valence electrons. The summed E-state index contributed by atoms with van der Waals surface area (Å²) in [6.07, 6.45) is 4.75. The first-order valence-corrected chi connectivity index (χ1v) is 5.19. The zero-order valence-corrected chi connectivity index (χ0v) is 9.22. The van der Waals surface area contributed by atoms with Crippen molar-refractivity contribution in [3.8, 4) is 0 Å². The lowest BCUT2D eigenvalue weighted by molar-refractivity contribution is -0.124. The Bertz CT molecular complexity index is 289. The minimum absolute atomic E-state index is 0.168. The number of carbonyl (C=O) groups excluding carboxylic acids is 2. The summed E-state index contributed by atoms with van der Waals surface area (Å²) in [7, 11) is 0. The van der Waals surface area contributed by atoms with Gasteiger partial charge in [-0.15, -0.1) is 0 Å². The molecule has 0 aliphatic heterocycles. The highest BCUT2D eigenvalue weighted by molar-refractivity contribution is 5.91. The van der Waals surface area contributed by atoms with Crippen LogP contribution in [0.2, 0.25) is 0 Å². The van der Waals surface area contributed by atoms with Crippen LogP contribution in [0.15, 0.2) is 11.6 Å². The van der Waals surface area contributed by atoms with E-state index < -0.39 is 0 Å². The minimum atomic E-state index is -0.347. The second kappa shape index (κ2) is 4.07. The summed E-state index contributed by atoms with van der Waals surface area (Å²) in [6.45, 7) is 5.53. The highest BCUT2D eigenvalue weighted by Crippen LogP contribution is 2.43. The first-order chi connectivity index (χ1) is 6.50. The van der Waals surface area contributed by atoms with Gasteiger partial charge >= 0.3 is 0 Å². The first-order valence-electron chi connectivity index (χ1n) is 5.19. The lowest BCUT2D eigenvalue weighted by Gasteiger charge is -2.23. The van der Waals surface area contributed by atoms with Crippen molar-refractivity contribution < 1.29 is 9.59 Å². The lowest BCUT2D eigenvalue weighted by Crippen LogP contribution is -2.24. The Balaban J connectivity index is 2.78. The van der Waals surface area contributed by atoms with E-state index in [1.807, 2.05) is 19.9 Å². The van der Waals surface area contributed by atoms with Crippen LogP contribution in [0.25, 0.3) is 0 Å². The van der Waals surface area contributed by atoms with Crippen LogP contribution in [-0.4, -0.2) is 11.6 Å². The second-order valence-electron chi connectivity index (χ2n) is 4.27. The summed E-state index contributed by atoms with van der Waals surface area (Å²) in [6, 6.07) is 0. The highest BCUT2D eigenvalue weighted by Gasteiger charge is 2.40. The molecule has 1 aliphatic rings. The van der Waals surface area contributed by atoms with E-state index in [4.69, 9.17) is 0 Å². The zero-order valence-electron chi connectivity index (χ0n) is 9.22. The van der Waals surface area contributed by atoms with E-state index in [1.54, 1.807) is 6.92 Å². The molecule has 0 aromatic rings. The van der Waals surface area contributed by atoms with Gasteiger partial charge in [0.25, 0.3) is 0 Å². The van der Waals surface area contributed by atoms with Crippen molar-refractivity contribution in [1.29, 1.82) is 0 Å². The van der Waals surface area contributed by atoms with Gasteiger partial charge in [-0.2, -0.15) is 0 Å². The van der Waals surface area contributed by atoms with Gasteiger partial charge in [0.1, 0.15) is 11.6 Å². The van der Waals surface area contributed by atoms with Crippen molar-refractivity contribution in [2.45, 2.75) is 46.5 Å². The van der Waals surface area contributed by atoms with E-state index in [1.165, 1.54) is 5.57 Å². The molecule has 1 unspecified atom stereocenters. The van der Waals surface area contributed by atoms with Crippen LogP contribution in [0.4, 0.5) is 0 Å². The van der Waals surface area contributed by atoms with Crippen molar-refractivity contribution in [3.05, 3.63) is 11.6 Å². The van der Waals surface area contributed by atoms with Crippen LogP contribution in [0, 0.1) is 5.41 Å². The van der Waals surface area contributed by atoms with Crippen LogP contribution in [-0.2, 0) is 9.59 Å². The Morgan fingerprint density at radius 3 is 2.64 bits per heavy atom. The smallest absolute Gasteiger partial charge is 0.143 e. The second-order valence-corrected chi connectivity index (χ2v) is 4.27. The summed E-state index contributed by atoms with van der Waals surface area (Å²) in [5.41, 5.74) is 0.865. The summed E-state index contributed by atoms with van der Waals surface area (Å²) in [5.74, 6) is 0.466. The average Bonchev–Trinajstić information content (AvgIpc) is 2.41. The van der Waals surface area contributed by atoms with Crippen LogP contribution >= 0.6 is 0 Å². The Kier molecular flexibility index (Phi) is 3.25. The number of Topliss-reactive ketones (excluding diaryl/α,β-unsaturated/α-hetero) is 2. The predicted molar refractivity (Wildman–Crippen MR) is 56.0 cm³/mol. The number of hydrogen-bond acceptors (Lipinski definition) is 2. The minimum Gasteiger partial charge on any atom is -0.300 e. The Hall–Kier alpha value is -0.920. The number of rotatable bonds is 3. The van der Waals surface area contributed by atoms with Gasteiger partial charge in [-0.3, -0.25) is 4.79 Å².